The smallest absolute Gasteiger partial charge is 0.242 e. The van der Waals surface area contributed by atoms with Gasteiger partial charge in [0.1, 0.15) is 6.04 Å². The van der Waals surface area contributed by atoms with Crippen LogP contribution in [0.1, 0.15) is 81.1 Å². The molecule has 3 atom stereocenters. The quantitative estimate of drug-likeness (QED) is 0.421. The monoisotopic (exact) mass is 427 g/mol. The Morgan fingerprint density at radius 3 is 1.97 bits per heavy atom. The predicted molar refractivity (Wildman–Crippen MR) is 121 cm³/mol. The second-order valence-corrected chi connectivity index (χ2v) is 9.67. The maximum absolute atomic E-state index is 12.9. The van der Waals surface area contributed by atoms with Crippen LogP contribution < -0.4 is 16.0 Å². The molecule has 0 aliphatic carbocycles. The molecule has 0 radical (unpaired) electrons. The van der Waals surface area contributed by atoms with Crippen molar-refractivity contribution >= 4 is 17.7 Å². The molecule has 30 heavy (non-hydrogen) atoms. The predicted octanol–water partition coefficient (Wildman–Crippen LogP) is 3.03. The summed E-state index contributed by atoms with van der Waals surface area (Å²) < 4.78 is 6.07. The van der Waals surface area contributed by atoms with Crippen molar-refractivity contribution in [1.82, 2.24) is 16.0 Å². The molecule has 0 aromatic rings. The van der Waals surface area contributed by atoms with E-state index in [0.717, 1.165) is 12.8 Å². The molecule has 7 nitrogen and oxygen atoms in total. The molecular formula is C23H45N3O4. The summed E-state index contributed by atoms with van der Waals surface area (Å²) >= 11 is 0. The maximum atomic E-state index is 12.9. The van der Waals surface area contributed by atoms with E-state index in [1.807, 2.05) is 27.7 Å². The summed E-state index contributed by atoms with van der Waals surface area (Å²) in [4.78, 5) is 38.1. The van der Waals surface area contributed by atoms with E-state index in [1.165, 1.54) is 7.05 Å². The standard InChI is InChI=1S/C23H45N3O4/c1-11-16(3)13-14-30-23(8,12-2)15-17(27)26-18(19(28)24-9)21(4,5)22(6,7)20(29)25-10/h16,18H,11-15H2,1-10H3,(H,24,28)(H,25,29)(H,26,27). The van der Waals surface area contributed by atoms with Crippen molar-refractivity contribution < 1.29 is 19.1 Å². The zero-order valence-corrected chi connectivity index (χ0v) is 20.8. The van der Waals surface area contributed by atoms with Crippen LogP contribution in [0.4, 0.5) is 0 Å². The van der Waals surface area contributed by atoms with Gasteiger partial charge in [0.15, 0.2) is 0 Å². The Morgan fingerprint density at radius 2 is 1.53 bits per heavy atom. The second kappa shape index (κ2) is 11.7. The van der Waals surface area contributed by atoms with Gasteiger partial charge in [0.2, 0.25) is 17.7 Å². The van der Waals surface area contributed by atoms with E-state index in [-0.39, 0.29) is 24.1 Å². The summed E-state index contributed by atoms with van der Waals surface area (Å²) in [5.41, 5.74) is -2.35. The Hall–Kier alpha value is -1.63. The molecule has 0 heterocycles. The van der Waals surface area contributed by atoms with Crippen LogP contribution in [-0.4, -0.2) is 50.1 Å². The van der Waals surface area contributed by atoms with Crippen LogP contribution in [0.3, 0.4) is 0 Å². The Kier molecular flexibility index (Phi) is 11.0. The van der Waals surface area contributed by atoms with Crippen molar-refractivity contribution in [3.8, 4) is 0 Å². The normalized spacial score (nSPS) is 16.2. The van der Waals surface area contributed by atoms with Gasteiger partial charge in [0.25, 0.3) is 0 Å². The number of likely N-dealkylation sites (N-methyl/N-ethyl adjacent to an activating group) is 1. The zero-order valence-electron chi connectivity index (χ0n) is 20.8. The molecule has 0 saturated heterocycles. The van der Waals surface area contributed by atoms with Crippen LogP contribution in [0.2, 0.25) is 0 Å². The average Bonchev–Trinajstić information content (AvgIpc) is 2.69. The van der Waals surface area contributed by atoms with E-state index >= 15 is 0 Å². The molecule has 0 fully saturated rings. The molecule has 0 aliphatic heterocycles. The summed E-state index contributed by atoms with van der Waals surface area (Å²) in [6.07, 6.45) is 2.87. The van der Waals surface area contributed by atoms with Gasteiger partial charge in [-0.25, -0.2) is 0 Å². The molecule has 0 rings (SSSR count). The minimum atomic E-state index is -0.896. The van der Waals surface area contributed by atoms with Gasteiger partial charge in [-0.3, -0.25) is 14.4 Å². The summed E-state index contributed by atoms with van der Waals surface area (Å²) in [5.74, 6) is -0.216. The van der Waals surface area contributed by atoms with E-state index < -0.39 is 22.5 Å². The van der Waals surface area contributed by atoms with Crippen molar-refractivity contribution in [1.29, 1.82) is 0 Å². The lowest BCUT2D eigenvalue weighted by molar-refractivity contribution is -0.144. The van der Waals surface area contributed by atoms with Gasteiger partial charge in [0, 0.05) is 26.1 Å². The number of ether oxygens (including phenoxy) is 1. The van der Waals surface area contributed by atoms with E-state index in [0.29, 0.717) is 18.9 Å². The summed E-state index contributed by atoms with van der Waals surface area (Å²) in [7, 11) is 3.09. The van der Waals surface area contributed by atoms with E-state index in [4.69, 9.17) is 4.74 Å². The first kappa shape index (κ1) is 28.4. The van der Waals surface area contributed by atoms with Crippen LogP contribution in [-0.2, 0) is 19.1 Å². The van der Waals surface area contributed by atoms with E-state index in [1.54, 1.807) is 20.9 Å². The lowest BCUT2D eigenvalue weighted by Gasteiger charge is -2.45. The third-order valence-electron chi connectivity index (χ3n) is 6.98. The van der Waals surface area contributed by atoms with Crippen molar-refractivity contribution in [2.45, 2.75) is 92.7 Å². The first-order valence-electron chi connectivity index (χ1n) is 11.1. The van der Waals surface area contributed by atoms with Crippen LogP contribution in [0.25, 0.3) is 0 Å². The molecule has 3 unspecified atom stereocenters. The zero-order chi connectivity index (χ0) is 23.8. The van der Waals surface area contributed by atoms with Crippen LogP contribution >= 0.6 is 0 Å². The van der Waals surface area contributed by atoms with Crippen molar-refractivity contribution in [3.63, 3.8) is 0 Å². The molecule has 7 heteroatoms. The molecule has 0 bridgehead atoms. The first-order chi connectivity index (χ1) is 13.7. The molecule has 0 aromatic carbocycles. The molecule has 176 valence electrons. The summed E-state index contributed by atoms with van der Waals surface area (Å²) in [5, 5.41) is 8.16. The van der Waals surface area contributed by atoms with Crippen LogP contribution in [0.5, 0.6) is 0 Å². The molecule has 0 aliphatic rings. The number of hydrogen-bond donors (Lipinski definition) is 3. The van der Waals surface area contributed by atoms with Gasteiger partial charge in [-0.15, -0.1) is 0 Å². The van der Waals surface area contributed by atoms with Crippen molar-refractivity contribution in [2.75, 3.05) is 20.7 Å². The van der Waals surface area contributed by atoms with Gasteiger partial charge < -0.3 is 20.7 Å². The number of nitrogens with one attached hydrogen (secondary N) is 3. The minimum Gasteiger partial charge on any atom is -0.375 e. The third-order valence-corrected chi connectivity index (χ3v) is 6.98. The summed E-state index contributed by atoms with van der Waals surface area (Å²) in [6.45, 7) is 16.1. The van der Waals surface area contributed by atoms with Gasteiger partial charge in [0.05, 0.1) is 17.4 Å². The van der Waals surface area contributed by atoms with Gasteiger partial charge in [-0.05, 0) is 25.7 Å². The first-order valence-corrected chi connectivity index (χ1v) is 11.1. The number of amides is 3. The topological polar surface area (TPSA) is 96.5 Å². The molecule has 0 spiro atoms. The highest BCUT2D eigenvalue weighted by Crippen LogP contribution is 2.42. The van der Waals surface area contributed by atoms with Crippen molar-refractivity contribution in [3.05, 3.63) is 0 Å². The Bertz CT molecular complexity index is 589. The molecule has 0 aromatic heterocycles. The highest BCUT2D eigenvalue weighted by molar-refractivity contribution is 5.90. The third kappa shape index (κ3) is 7.25. The SMILES string of the molecule is CCC(C)CCOC(C)(CC)CC(=O)NC(C(=O)NC)C(C)(C)C(C)(C)C(=O)NC. The number of hydrogen-bond acceptors (Lipinski definition) is 4. The summed E-state index contributed by atoms with van der Waals surface area (Å²) in [6, 6.07) is -0.872. The molecule has 3 N–H and O–H groups in total. The molecular weight excluding hydrogens is 382 g/mol. The lowest BCUT2D eigenvalue weighted by atomic mass is 9.62. The van der Waals surface area contributed by atoms with E-state index in [2.05, 4.69) is 29.8 Å². The average molecular weight is 428 g/mol. The second-order valence-electron chi connectivity index (χ2n) is 9.67. The van der Waals surface area contributed by atoms with Crippen LogP contribution in [0.15, 0.2) is 0 Å². The minimum absolute atomic E-state index is 0.147. The molecule has 3 amide bonds. The fraction of sp³-hybridized carbons (Fsp3) is 0.870. The van der Waals surface area contributed by atoms with Gasteiger partial charge in [-0.1, -0.05) is 54.9 Å². The highest BCUT2D eigenvalue weighted by atomic mass is 16.5. The lowest BCUT2D eigenvalue weighted by Crippen LogP contribution is -2.61. The van der Waals surface area contributed by atoms with Gasteiger partial charge in [-0.2, -0.15) is 0 Å². The Balaban J connectivity index is 5.46. The molecule has 0 saturated carbocycles. The fourth-order valence-electron chi connectivity index (χ4n) is 3.22. The fourth-order valence-corrected chi connectivity index (χ4v) is 3.22. The van der Waals surface area contributed by atoms with Crippen molar-refractivity contribution in [2.24, 2.45) is 16.7 Å². The number of rotatable bonds is 13. The Morgan fingerprint density at radius 1 is 0.967 bits per heavy atom. The Labute approximate surface area is 183 Å². The maximum Gasteiger partial charge on any atom is 0.242 e. The number of carbonyl (C=O) groups excluding carboxylic acids is 3. The van der Waals surface area contributed by atoms with Gasteiger partial charge >= 0.3 is 0 Å². The highest BCUT2D eigenvalue weighted by Gasteiger charge is 2.50. The largest absolute Gasteiger partial charge is 0.375 e. The number of carbonyl (C=O) groups is 3. The van der Waals surface area contributed by atoms with Crippen LogP contribution in [0, 0.1) is 16.7 Å². The van der Waals surface area contributed by atoms with E-state index in [9.17, 15) is 14.4 Å².